The Morgan fingerprint density at radius 2 is 1.69 bits per heavy atom. The van der Waals surface area contributed by atoms with E-state index in [2.05, 4.69) is 25.9 Å². The molecule has 1 saturated carbocycles. The lowest BCUT2D eigenvalue weighted by atomic mass is 9.93. The van der Waals surface area contributed by atoms with Crippen LogP contribution in [0.4, 0.5) is 22.1 Å². The molecule has 3 rings (SSSR count). The minimum Gasteiger partial charge on any atom is -0.393 e. The molecule has 1 fully saturated rings. The Labute approximate surface area is 161 Å². The van der Waals surface area contributed by atoms with Gasteiger partial charge in [-0.05, 0) is 37.8 Å². The molecule has 1 aliphatic carbocycles. The second kappa shape index (κ2) is 8.53. The van der Waals surface area contributed by atoms with Crippen molar-refractivity contribution >= 4 is 46.6 Å². The van der Waals surface area contributed by atoms with E-state index in [4.69, 9.17) is 23.2 Å². The van der Waals surface area contributed by atoms with Crippen molar-refractivity contribution in [3.05, 3.63) is 40.6 Å². The second-order valence-corrected chi connectivity index (χ2v) is 6.93. The number of halogens is 2. The van der Waals surface area contributed by atoms with Gasteiger partial charge in [0.05, 0.1) is 21.8 Å². The van der Waals surface area contributed by atoms with Crippen LogP contribution in [0.25, 0.3) is 0 Å². The summed E-state index contributed by atoms with van der Waals surface area (Å²) in [5, 5.41) is 18.8. The lowest BCUT2D eigenvalue weighted by molar-refractivity contribution is 0.126. The number of carbonyl (C=O) groups excluding carboxylic acids is 1. The minimum absolute atomic E-state index is 0.212. The number of nitrogens with one attached hydrogen (secondary N) is 3. The number of anilines is 3. The molecule has 1 aromatic carbocycles. The molecule has 26 heavy (non-hydrogen) atoms. The zero-order valence-corrected chi connectivity index (χ0v) is 15.4. The summed E-state index contributed by atoms with van der Waals surface area (Å²) in [6, 6.07) is 6.36. The highest BCUT2D eigenvalue weighted by Crippen LogP contribution is 2.30. The van der Waals surface area contributed by atoms with Gasteiger partial charge in [-0.25, -0.2) is 14.8 Å². The third-order valence-electron chi connectivity index (χ3n) is 4.16. The summed E-state index contributed by atoms with van der Waals surface area (Å²) in [7, 11) is 0. The van der Waals surface area contributed by atoms with Crippen molar-refractivity contribution in [1.82, 2.24) is 9.97 Å². The number of hydrogen-bond acceptors (Lipinski definition) is 5. The summed E-state index contributed by atoms with van der Waals surface area (Å²) in [4.78, 5) is 20.4. The van der Waals surface area contributed by atoms with Gasteiger partial charge in [0, 0.05) is 12.1 Å². The Balaban J connectivity index is 1.60. The van der Waals surface area contributed by atoms with Gasteiger partial charge in [-0.3, -0.25) is 5.32 Å². The monoisotopic (exact) mass is 395 g/mol. The lowest BCUT2D eigenvalue weighted by Gasteiger charge is -2.26. The Kier molecular flexibility index (Phi) is 6.13. The van der Waals surface area contributed by atoms with Crippen molar-refractivity contribution in [1.29, 1.82) is 0 Å². The molecule has 4 N–H and O–H groups in total. The topological polar surface area (TPSA) is 99.2 Å². The smallest absolute Gasteiger partial charge is 0.324 e. The third kappa shape index (κ3) is 4.97. The Hall–Kier alpha value is -2.09. The summed E-state index contributed by atoms with van der Waals surface area (Å²) < 4.78 is 0. The van der Waals surface area contributed by atoms with Crippen LogP contribution in [0.1, 0.15) is 25.7 Å². The third-order valence-corrected chi connectivity index (χ3v) is 4.79. The first-order valence-corrected chi connectivity index (χ1v) is 9.05. The minimum atomic E-state index is -0.509. The molecule has 7 nitrogen and oxygen atoms in total. The molecule has 0 bridgehead atoms. The van der Waals surface area contributed by atoms with E-state index >= 15 is 0 Å². The number of nitrogens with zero attached hydrogens (tertiary/aromatic N) is 2. The van der Waals surface area contributed by atoms with Crippen LogP contribution < -0.4 is 16.0 Å². The zero-order valence-electron chi connectivity index (χ0n) is 13.9. The van der Waals surface area contributed by atoms with E-state index in [9.17, 15) is 9.90 Å². The second-order valence-electron chi connectivity index (χ2n) is 6.11. The molecule has 2 aromatic rings. The van der Waals surface area contributed by atoms with Gasteiger partial charge in [-0.1, -0.05) is 29.3 Å². The van der Waals surface area contributed by atoms with Crippen LogP contribution in [0, 0.1) is 0 Å². The standard InChI is InChI=1S/C17H19Cl2N5O2/c18-12-2-1-3-13(19)16(12)24-17(26)23-15-8-14(20-9-21-15)22-10-4-6-11(25)7-5-10/h1-3,8-11,25H,4-7H2,(H3,20,21,22,23,24,26). The fraction of sp³-hybridized carbons (Fsp3) is 0.353. The molecule has 1 heterocycles. The van der Waals surface area contributed by atoms with Crippen LogP contribution in [0.5, 0.6) is 0 Å². The van der Waals surface area contributed by atoms with Crippen molar-refractivity contribution in [3.63, 3.8) is 0 Å². The molecule has 0 unspecified atom stereocenters. The zero-order chi connectivity index (χ0) is 18.5. The van der Waals surface area contributed by atoms with Gasteiger partial charge in [0.2, 0.25) is 0 Å². The van der Waals surface area contributed by atoms with E-state index in [1.165, 1.54) is 6.33 Å². The van der Waals surface area contributed by atoms with E-state index in [0.717, 1.165) is 25.7 Å². The number of amides is 2. The number of para-hydroxylation sites is 1. The quantitative estimate of drug-likeness (QED) is 0.623. The summed E-state index contributed by atoms with van der Waals surface area (Å²) in [5.74, 6) is 0.964. The Morgan fingerprint density at radius 3 is 2.38 bits per heavy atom. The molecule has 2 amide bonds. The molecule has 0 atom stereocenters. The average molecular weight is 396 g/mol. The van der Waals surface area contributed by atoms with Crippen LogP contribution in [0.15, 0.2) is 30.6 Å². The lowest BCUT2D eigenvalue weighted by Crippen LogP contribution is -2.28. The summed E-state index contributed by atoms with van der Waals surface area (Å²) in [6.07, 6.45) is 4.46. The number of benzene rings is 1. The van der Waals surface area contributed by atoms with Crippen LogP contribution >= 0.6 is 23.2 Å². The fourth-order valence-electron chi connectivity index (χ4n) is 2.81. The van der Waals surface area contributed by atoms with Gasteiger partial charge in [0.25, 0.3) is 0 Å². The van der Waals surface area contributed by atoms with Crippen molar-refractivity contribution in [2.75, 3.05) is 16.0 Å². The van der Waals surface area contributed by atoms with Gasteiger partial charge in [0.1, 0.15) is 18.0 Å². The number of rotatable bonds is 4. The Bertz CT molecular complexity index is 761. The van der Waals surface area contributed by atoms with E-state index in [1.54, 1.807) is 24.3 Å². The predicted octanol–water partition coefficient (Wildman–Crippen LogP) is 4.14. The largest absolute Gasteiger partial charge is 0.393 e. The number of hydrogen-bond donors (Lipinski definition) is 4. The summed E-state index contributed by atoms with van der Waals surface area (Å²) in [5.41, 5.74) is 0.335. The molecule has 0 radical (unpaired) electrons. The first-order chi connectivity index (χ1) is 12.5. The van der Waals surface area contributed by atoms with Crippen LogP contribution in [0.2, 0.25) is 10.0 Å². The number of aliphatic hydroxyl groups excluding tert-OH is 1. The molecular weight excluding hydrogens is 377 g/mol. The van der Waals surface area contributed by atoms with Crippen LogP contribution in [-0.2, 0) is 0 Å². The number of aromatic nitrogens is 2. The predicted molar refractivity (Wildman–Crippen MR) is 103 cm³/mol. The van der Waals surface area contributed by atoms with Gasteiger partial charge in [0.15, 0.2) is 0 Å². The van der Waals surface area contributed by atoms with Gasteiger partial charge in [-0.2, -0.15) is 0 Å². The molecular formula is C17H19Cl2N5O2. The van der Waals surface area contributed by atoms with Gasteiger partial charge in [-0.15, -0.1) is 0 Å². The number of urea groups is 1. The van der Waals surface area contributed by atoms with Crippen molar-refractivity contribution in [3.8, 4) is 0 Å². The number of aliphatic hydroxyl groups is 1. The van der Waals surface area contributed by atoms with Crippen molar-refractivity contribution < 1.29 is 9.90 Å². The maximum Gasteiger partial charge on any atom is 0.324 e. The van der Waals surface area contributed by atoms with E-state index in [1.807, 2.05) is 0 Å². The Morgan fingerprint density at radius 1 is 1.04 bits per heavy atom. The first-order valence-electron chi connectivity index (χ1n) is 8.30. The summed E-state index contributed by atoms with van der Waals surface area (Å²) in [6.45, 7) is 0. The van der Waals surface area contributed by atoms with E-state index in [-0.39, 0.29) is 12.1 Å². The molecule has 0 spiro atoms. The SMILES string of the molecule is O=C(Nc1cc(NC2CCC(O)CC2)ncn1)Nc1c(Cl)cccc1Cl. The molecule has 9 heteroatoms. The highest BCUT2D eigenvalue weighted by Gasteiger charge is 2.19. The molecule has 1 aromatic heterocycles. The molecule has 138 valence electrons. The fourth-order valence-corrected chi connectivity index (χ4v) is 3.30. The van der Waals surface area contributed by atoms with Crippen molar-refractivity contribution in [2.24, 2.45) is 0 Å². The van der Waals surface area contributed by atoms with Gasteiger partial charge < -0.3 is 15.7 Å². The highest BCUT2D eigenvalue weighted by molar-refractivity contribution is 6.39. The maximum absolute atomic E-state index is 12.2. The highest BCUT2D eigenvalue weighted by atomic mass is 35.5. The van der Waals surface area contributed by atoms with Crippen molar-refractivity contribution in [2.45, 2.75) is 37.8 Å². The normalized spacial score (nSPS) is 19.7. The summed E-state index contributed by atoms with van der Waals surface area (Å²) >= 11 is 12.1. The van der Waals surface area contributed by atoms with E-state index < -0.39 is 6.03 Å². The van der Waals surface area contributed by atoms with E-state index in [0.29, 0.717) is 27.4 Å². The molecule has 0 aliphatic heterocycles. The first kappa shape index (κ1) is 18.7. The van der Waals surface area contributed by atoms with Gasteiger partial charge >= 0.3 is 6.03 Å². The number of carbonyl (C=O) groups is 1. The molecule has 0 saturated heterocycles. The van der Waals surface area contributed by atoms with Crippen LogP contribution in [0.3, 0.4) is 0 Å². The maximum atomic E-state index is 12.2. The van der Waals surface area contributed by atoms with Crippen LogP contribution in [-0.4, -0.2) is 33.3 Å². The molecule has 1 aliphatic rings. The average Bonchev–Trinajstić information content (AvgIpc) is 2.61.